The molecular formula is C17H16F3N. The standard InChI is InChI=1S/C17H16F3N/c1-10-2-3-11(9-21-13-4-5-13)14(6-10)17-15(19)7-12(18)8-16(17)20/h2-3,6-8,13,21H,4-5,9H2,1H3. The van der Waals surface area contributed by atoms with Crippen LogP contribution in [0.5, 0.6) is 0 Å². The van der Waals surface area contributed by atoms with Gasteiger partial charge >= 0.3 is 0 Å². The average Bonchev–Trinajstić information content (AvgIpc) is 3.20. The second kappa shape index (κ2) is 5.53. The van der Waals surface area contributed by atoms with Gasteiger partial charge in [-0.1, -0.05) is 23.8 Å². The van der Waals surface area contributed by atoms with Crippen LogP contribution in [0.2, 0.25) is 0 Å². The highest BCUT2D eigenvalue weighted by atomic mass is 19.1. The molecule has 2 aromatic carbocycles. The molecule has 110 valence electrons. The molecule has 0 atom stereocenters. The molecule has 0 bridgehead atoms. The van der Waals surface area contributed by atoms with E-state index in [1.165, 1.54) is 0 Å². The number of hydrogen-bond donors (Lipinski definition) is 1. The average molecular weight is 291 g/mol. The molecule has 1 saturated carbocycles. The normalized spacial score (nSPS) is 14.5. The lowest BCUT2D eigenvalue weighted by atomic mass is 9.96. The zero-order chi connectivity index (χ0) is 15.0. The van der Waals surface area contributed by atoms with Crippen LogP contribution in [0, 0.1) is 24.4 Å². The van der Waals surface area contributed by atoms with E-state index in [0.29, 0.717) is 18.2 Å². The molecule has 0 radical (unpaired) electrons. The molecule has 2 aromatic rings. The minimum absolute atomic E-state index is 0.160. The lowest BCUT2D eigenvalue weighted by molar-refractivity contribution is 0.547. The van der Waals surface area contributed by atoms with Gasteiger partial charge in [-0.15, -0.1) is 0 Å². The fourth-order valence-electron chi connectivity index (χ4n) is 2.42. The number of halogens is 3. The Morgan fingerprint density at radius 1 is 1.05 bits per heavy atom. The molecule has 0 heterocycles. The predicted octanol–water partition coefficient (Wildman–Crippen LogP) is 4.33. The van der Waals surface area contributed by atoms with Crippen LogP contribution in [-0.2, 0) is 6.54 Å². The highest BCUT2D eigenvalue weighted by molar-refractivity contribution is 5.69. The summed E-state index contributed by atoms with van der Waals surface area (Å²) in [5.41, 5.74) is 2.05. The van der Waals surface area contributed by atoms with Gasteiger partial charge in [0.25, 0.3) is 0 Å². The Hall–Kier alpha value is -1.81. The number of aryl methyl sites for hydroxylation is 1. The van der Waals surface area contributed by atoms with E-state index in [2.05, 4.69) is 5.32 Å². The minimum atomic E-state index is -0.904. The molecule has 1 nitrogen and oxygen atoms in total. The quantitative estimate of drug-likeness (QED) is 0.884. The Kier molecular flexibility index (Phi) is 3.72. The topological polar surface area (TPSA) is 12.0 Å². The van der Waals surface area contributed by atoms with Crippen LogP contribution in [0.15, 0.2) is 30.3 Å². The number of hydrogen-bond acceptors (Lipinski definition) is 1. The largest absolute Gasteiger partial charge is 0.310 e. The predicted molar refractivity (Wildman–Crippen MR) is 76.4 cm³/mol. The van der Waals surface area contributed by atoms with E-state index in [1.807, 2.05) is 19.1 Å². The summed E-state index contributed by atoms with van der Waals surface area (Å²) >= 11 is 0. The Bertz CT molecular complexity index is 655. The molecule has 0 aliphatic heterocycles. The first-order valence-electron chi connectivity index (χ1n) is 7.02. The molecule has 0 spiro atoms. The van der Waals surface area contributed by atoms with Gasteiger partial charge in [-0.3, -0.25) is 0 Å². The van der Waals surface area contributed by atoms with Crippen molar-refractivity contribution >= 4 is 0 Å². The van der Waals surface area contributed by atoms with Crippen molar-refractivity contribution in [1.29, 1.82) is 0 Å². The van der Waals surface area contributed by atoms with Crippen LogP contribution < -0.4 is 5.32 Å². The van der Waals surface area contributed by atoms with Crippen LogP contribution in [0.25, 0.3) is 11.1 Å². The maximum atomic E-state index is 14.0. The monoisotopic (exact) mass is 291 g/mol. The summed E-state index contributed by atoms with van der Waals surface area (Å²) in [7, 11) is 0. The van der Waals surface area contributed by atoms with Gasteiger partial charge in [-0.05, 0) is 30.9 Å². The highest BCUT2D eigenvalue weighted by Crippen LogP contribution is 2.31. The Balaban J connectivity index is 2.05. The summed E-state index contributed by atoms with van der Waals surface area (Å²) in [5, 5.41) is 3.33. The molecule has 0 aromatic heterocycles. The molecule has 1 aliphatic rings. The van der Waals surface area contributed by atoms with Gasteiger partial charge < -0.3 is 5.32 Å². The van der Waals surface area contributed by atoms with E-state index < -0.39 is 17.5 Å². The summed E-state index contributed by atoms with van der Waals surface area (Å²) in [4.78, 5) is 0. The Morgan fingerprint density at radius 3 is 2.33 bits per heavy atom. The van der Waals surface area contributed by atoms with Crippen molar-refractivity contribution in [3.05, 3.63) is 58.9 Å². The third-order valence-corrected chi connectivity index (χ3v) is 3.70. The van der Waals surface area contributed by atoms with Crippen LogP contribution >= 0.6 is 0 Å². The van der Waals surface area contributed by atoms with Crippen LogP contribution in [0.1, 0.15) is 24.0 Å². The highest BCUT2D eigenvalue weighted by Gasteiger charge is 2.22. The zero-order valence-corrected chi connectivity index (χ0v) is 11.7. The Labute approximate surface area is 121 Å². The van der Waals surface area contributed by atoms with Crippen molar-refractivity contribution in [2.75, 3.05) is 0 Å². The van der Waals surface area contributed by atoms with Crippen LogP contribution in [-0.4, -0.2) is 6.04 Å². The van der Waals surface area contributed by atoms with Gasteiger partial charge in [0.05, 0.1) is 5.56 Å². The second-order valence-electron chi connectivity index (χ2n) is 5.56. The van der Waals surface area contributed by atoms with Crippen molar-refractivity contribution in [3.63, 3.8) is 0 Å². The van der Waals surface area contributed by atoms with Crippen molar-refractivity contribution in [3.8, 4) is 11.1 Å². The molecule has 1 N–H and O–H groups in total. The summed E-state index contributed by atoms with van der Waals surface area (Å²) in [6.07, 6.45) is 2.28. The third-order valence-electron chi connectivity index (χ3n) is 3.70. The lowest BCUT2D eigenvalue weighted by Gasteiger charge is -2.13. The first-order chi connectivity index (χ1) is 10.0. The smallest absolute Gasteiger partial charge is 0.136 e. The van der Waals surface area contributed by atoms with E-state index in [-0.39, 0.29) is 5.56 Å². The number of rotatable bonds is 4. The SMILES string of the molecule is Cc1ccc(CNC2CC2)c(-c2c(F)cc(F)cc2F)c1. The number of nitrogens with one attached hydrogen (secondary N) is 1. The molecule has 1 fully saturated rings. The fraction of sp³-hybridized carbons (Fsp3) is 0.294. The van der Waals surface area contributed by atoms with E-state index >= 15 is 0 Å². The van der Waals surface area contributed by atoms with Crippen molar-refractivity contribution < 1.29 is 13.2 Å². The number of benzene rings is 2. The van der Waals surface area contributed by atoms with Gasteiger partial charge in [-0.25, -0.2) is 13.2 Å². The van der Waals surface area contributed by atoms with Gasteiger partial charge in [0.1, 0.15) is 17.5 Å². The fourth-order valence-corrected chi connectivity index (χ4v) is 2.42. The van der Waals surface area contributed by atoms with Crippen molar-refractivity contribution in [2.45, 2.75) is 32.4 Å². The van der Waals surface area contributed by atoms with Gasteiger partial charge in [-0.2, -0.15) is 0 Å². The molecule has 1 aliphatic carbocycles. The minimum Gasteiger partial charge on any atom is -0.310 e. The van der Waals surface area contributed by atoms with E-state index in [9.17, 15) is 13.2 Å². The summed E-state index contributed by atoms with van der Waals surface area (Å²) in [5.74, 6) is -2.64. The summed E-state index contributed by atoms with van der Waals surface area (Å²) in [6, 6.07) is 7.46. The second-order valence-corrected chi connectivity index (χ2v) is 5.56. The molecule has 21 heavy (non-hydrogen) atoms. The van der Waals surface area contributed by atoms with Crippen molar-refractivity contribution in [1.82, 2.24) is 5.32 Å². The maximum Gasteiger partial charge on any atom is 0.136 e. The first kappa shape index (κ1) is 14.1. The van der Waals surface area contributed by atoms with Crippen LogP contribution in [0.4, 0.5) is 13.2 Å². The lowest BCUT2D eigenvalue weighted by Crippen LogP contribution is -2.16. The molecule has 0 amide bonds. The van der Waals surface area contributed by atoms with Crippen LogP contribution in [0.3, 0.4) is 0 Å². The van der Waals surface area contributed by atoms with E-state index in [1.54, 1.807) is 6.07 Å². The first-order valence-corrected chi connectivity index (χ1v) is 7.02. The molecule has 0 saturated heterocycles. The Morgan fingerprint density at radius 2 is 1.71 bits per heavy atom. The molecule has 0 unspecified atom stereocenters. The zero-order valence-electron chi connectivity index (χ0n) is 11.7. The van der Waals surface area contributed by atoms with E-state index in [0.717, 1.165) is 36.1 Å². The summed E-state index contributed by atoms with van der Waals surface area (Å²) < 4.78 is 41.1. The molecular weight excluding hydrogens is 275 g/mol. The molecule has 4 heteroatoms. The summed E-state index contributed by atoms with van der Waals surface area (Å²) in [6.45, 7) is 2.41. The van der Waals surface area contributed by atoms with Crippen molar-refractivity contribution in [2.24, 2.45) is 0 Å². The third kappa shape index (κ3) is 3.10. The van der Waals surface area contributed by atoms with E-state index in [4.69, 9.17) is 0 Å². The van der Waals surface area contributed by atoms with Gasteiger partial charge in [0.15, 0.2) is 0 Å². The maximum absolute atomic E-state index is 14.0. The van der Waals surface area contributed by atoms with Gasteiger partial charge in [0, 0.05) is 24.7 Å². The molecule has 3 rings (SSSR count). The van der Waals surface area contributed by atoms with Gasteiger partial charge in [0.2, 0.25) is 0 Å².